The highest BCUT2D eigenvalue weighted by Crippen LogP contribution is 2.03. The van der Waals surface area contributed by atoms with Crippen LogP contribution in [0.5, 0.6) is 0 Å². The first kappa shape index (κ1) is 11.9. The van der Waals surface area contributed by atoms with Gasteiger partial charge in [0, 0.05) is 18.4 Å². The molecule has 0 radical (unpaired) electrons. The Kier molecular flexibility index (Phi) is 5.04. The van der Waals surface area contributed by atoms with Gasteiger partial charge >= 0.3 is 0 Å². The van der Waals surface area contributed by atoms with Gasteiger partial charge in [-0.2, -0.15) is 0 Å². The topological polar surface area (TPSA) is 61.0 Å². The van der Waals surface area contributed by atoms with Gasteiger partial charge in [0.1, 0.15) is 12.4 Å². The second-order valence-electron chi connectivity index (χ2n) is 3.61. The zero-order valence-corrected chi connectivity index (χ0v) is 9.49. The Morgan fingerprint density at radius 2 is 2.13 bits per heavy atom. The van der Waals surface area contributed by atoms with Crippen LogP contribution in [0.4, 0.5) is 5.82 Å². The van der Waals surface area contributed by atoms with Crippen molar-refractivity contribution in [3.8, 4) is 0 Å². The fourth-order valence-corrected chi connectivity index (χ4v) is 1.34. The number of nitrogens with zero attached hydrogens (tertiary/aromatic N) is 2. The molecule has 0 atom stereocenters. The molecule has 0 aliphatic carbocycles. The lowest BCUT2D eigenvalue weighted by molar-refractivity contribution is 0.112. The molecule has 2 N–H and O–H groups in total. The van der Waals surface area contributed by atoms with Crippen molar-refractivity contribution >= 4 is 5.82 Å². The molecule has 0 saturated carbocycles. The molecule has 0 amide bonds. The summed E-state index contributed by atoms with van der Waals surface area (Å²) in [7, 11) is 0. The lowest BCUT2D eigenvalue weighted by Crippen LogP contribution is -2.04. The smallest absolute Gasteiger partial charge is 0.156 e. The summed E-state index contributed by atoms with van der Waals surface area (Å²) in [4.78, 5) is 8.33. The van der Waals surface area contributed by atoms with E-state index in [1.807, 2.05) is 6.92 Å². The summed E-state index contributed by atoms with van der Waals surface area (Å²) >= 11 is 0. The number of aryl methyl sites for hydroxylation is 1. The van der Waals surface area contributed by atoms with Gasteiger partial charge in [0.2, 0.25) is 0 Å². The Morgan fingerprint density at radius 1 is 1.33 bits per heavy atom. The fourth-order valence-electron chi connectivity index (χ4n) is 1.34. The Hall–Kier alpha value is -1.16. The zero-order chi connectivity index (χ0) is 11.1. The van der Waals surface area contributed by atoms with E-state index in [-0.39, 0.29) is 0 Å². The molecule has 0 aromatic carbocycles. The van der Waals surface area contributed by atoms with Gasteiger partial charge in [0.25, 0.3) is 0 Å². The van der Waals surface area contributed by atoms with Gasteiger partial charge in [-0.15, -0.1) is 0 Å². The third-order valence-electron chi connectivity index (χ3n) is 2.04. The van der Waals surface area contributed by atoms with Crippen molar-refractivity contribution in [2.45, 2.75) is 39.7 Å². The highest BCUT2D eigenvalue weighted by molar-refractivity contribution is 5.28. The Labute approximate surface area is 90.9 Å². The van der Waals surface area contributed by atoms with Gasteiger partial charge in [0.15, 0.2) is 5.82 Å². The van der Waals surface area contributed by atoms with Crippen molar-refractivity contribution in [1.82, 2.24) is 9.97 Å². The molecule has 0 aliphatic rings. The first-order valence-corrected chi connectivity index (χ1v) is 5.40. The van der Waals surface area contributed by atoms with E-state index >= 15 is 0 Å². The minimum atomic E-state index is 0.454. The van der Waals surface area contributed by atoms with Crippen LogP contribution in [0.3, 0.4) is 0 Å². The van der Waals surface area contributed by atoms with Crippen molar-refractivity contribution in [2.24, 2.45) is 0 Å². The minimum absolute atomic E-state index is 0.454. The van der Waals surface area contributed by atoms with Crippen LogP contribution in [0.1, 0.15) is 37.7 Å². The number of aromatic nitrogens is 2. The maximum atomic E-state index is 5.60. The number of hydrogen-bond acceptors (Lipinski definition) is 4. The van der Waals surface area contributed by atoms with Crippen LogP contribution >= 0.6 is 0 Å². The van der Waals surface area contributed by atoms with E-state index in [0.29, 0.717) is 18.2 Å². The zero-order valence-electron chi connectivity index (χ0n) is 9.49. The van der Waals surface area contributed by atoms with E-state index in [1.165, 1.54) is 12.8 Å². The normalized spacial score (nSPS) is 10.5. The lowest BCUT2D eigenvalue weighted by atomic mass is 10.3. The van der Waals surface area contributed by atoms with Gasteiger partial charge in [0.05, 0.1) is 0 Å². The number of rotatable bonds is 6. The minimum Gasteiger partial charge on any atom is -0.384 e. The predicted molar refractivity (Wildman–Crippen MR) is 60.4 cm³/mol. The summed E-state index contributed by atoms with van der Waals surface area (Å²) in [6, 6.07) is 1.75. The number of nitrogen functional groups attached to an aromatic ring is 1. The van der Waals surface area contributed by atoms with Crippen LogP contribution in [0, 0.1) is 6.92 Å². The third kappa shape index (κ3) is 4.74. The number of ether oxygens (including phenoxy) is 1. The number of unbranched alkanes of at least 4 members (excludes halogenated alkanes) is 2. The Bertz CT molecular complexity index is 282. The molecule has 1 aromatic rings. The van der Waals surface area contributed by atoms with E-state index in [1.54, 1.807) is 6.07 Å². The van der Waals surface area contributed by atoms with Crippen LogP contribution in [0.2, 0.25) is 0 Å². The molecule has 1 aromatic heterocycles. The second-order valence-corrected chi connectivity index (χ2v) is 3.61. The van der Waals surface area contributed by atoms with E-state index in [0.717, 1.165) is 18.7 Å². The molecule has 0 aliphatic heterocycles. The Morgan fingerprint density at radius 3 is 2.80 bits per heavy atom. The van der Waals surface area contributed by atoms with Crippen molar-refractivity contribution in [1.29, 1.82) is 0 Å². The monoisotopic (exact) mass is 209 g/mol. The average Bonchev–Trinajstić information content (AvgIpc) is 2.16. The summed E-state index contributed by atoms with van der Waals surface area (Å²) in [5.74, 6) is 1.18. The van der Waals surface area contributed by atoms with Crippen LogP contribution < -0.4 is 5.73 Å². The van der Waals surface area contributed by atoms with Gasteiger partial charge in [-0.25, -0.2) is 9.97 Å². The summed E-state index contributed by atoms with van der Waals surface area (Å²) in [5.41, 5.74) is 6.49. The molecule has 4 nitrogen and oxygen atoms in total. The van der Waals surface area contributed by atoms with E-state index < -0.39 is 0 Å². The molecule has 15 heavy (non-hydrogen) atoms. The standard InChI is InChI=1S/C11H19N3O/c1-3-4-5-6-15-8-11-13-9(2)7-10(12)14-11/h7H,3-6,8H2,1-2H3,(H2,12,13,14). The van der Waals surface area contributed by atoms with Gasteiger partial charge in [-0.1, -0.05) is 19.8 Å². The van der Waals surface area contributed by atoms with E-state index in [4.69, 9.17) is 10.5 Å². The number of anilines is 1. The van der Waals surface area contributed by atoms with Crippen molar-refractivity contribution < 1.29 is 4.74 Å². The molecule has 0 spiro atoms. The largest absolute Gasteiger partial charge is 0.384 e. The highest BCUT2D eigenvalue weighted by Gasteiger charge is 1.99. The van der Waals surface area contributed by atoms with Gasteiger partial charge < -0.3 is 10.5 Å². The van der Waals surface area contributed by atoms with Crippen LogP contribution in [-0.4, -0.2) is 16.6 Å². The molecular formula is C11H19N3O. The maximum Gasteiger partial charge on any atom is 0.156 e. The number of hydrogen-bond donors (Lipinski definition) is 1. The molecule has 4 heteroatoms. The van der Waals surface area contributed by atoms with Crippen molar-refractivity contribution in [2.75, 3.05) is 12.3 Å². The first-order chi connectivity index (χ1) is 7.22. The van der Waals surface area contributed by atoms with E-state index in [2.05, 4.69) is 16.9 Å². The van der Waals surface area contributed by atoms with Crippen LogP contribution in [0.15, 0.2) is 6.07 Å². The molecule has 84 valence electrons. The summed E-state index contributed by atoms with van der Waals surface area (Å²) < 4.78 is 5.45. The Balaban J connectivity index is 2.31. The molecule has 0 bridgehead atoms. The average molecular weight is 209 g/mol. The fraction of sp³-hybridized carbons (Fsp3) is 0.636. The molecule has 0 saturated heterocycles. The SMILES string of the molecule is CCCCCOCc1nc(C)cc(N)n1. The van der Waals surface area contributed by atoms with E-state index in [9.17, 15) is 0 Å². The summed E-state index contributed by atoms with van der Waals surface area (Å²) in [6.45, 7) is 5.30. The second kappa shape index (κ2) is 6.35. The molecular weight excluding hydrogens is 190 g/mol. The van der Waals surface area contributed by atoms with Crippen molar-refractivity contribution in [3.05, 3.63) is 17.6 Å². The van der Waals surface area contributed by atoms with Crippen molar-refractivity contribution in [3.63, 3.8) is 0 Å². The maximum absolute atomic E-state index is 5.60. The van der Waals surface area contributed by atoms with Crippen LogP contribution in [-0.2, 0) is 11.3 Å². The van der Waals surface area contributed by atoms with Crippen LogP contribution in [0.25, 0.3) is 0 Å². The van der Waals surface area contributed by atoms with Gasteiger partial charge in [-0.05, 0) is 13.3 Å². The predicted octanol–water partition coefficient (Wildman–Crippen LogP) is 2.07. The molecule has 1 heterocycles. The highest BCUT2D eigenvalue weighted by atomic mass is 16.5. The first-order valence-electron chi connectivity index (χ1n) is 5.40. The lowest BCUT2D eigenvalue weighted by Gasteiger charge is -2.04. The summed E-state index contributed by atoms with van der Waals surface area (Å²) in [6.07, 6.45) is 3.51. The number of nitrogens with two attached hydrogens (primary N) is 1. The van der Waals surface area contributed by atoms with Gasteiger partial charge in [-0.3, -0.25) is 0 Å². The molecule has 1 rings (SSSR count). The molecule has 0 unspecified atom stereocenters. The molecule has 0 fully saturated rings. The third-order valence-corrected chi connectivity index (χ3v) is 2.04. The summed E-state index contributed by atoms with van der Waals surface area (Å²) in [5, 5.41) is 0. The quantitative estimate of drug-likeness (QED) is 0.729.